The number of hydrogen-bond donors (Lipinski definition) is 1. The smallest absolute Gasteiger partial charge is 0.244 e. The molecule has 5 heteroatoms. The summed E-state index contributed by atoms with van der Waals surface area (Å²) in [6.07, 6.45) is 1.80. The molecule has 1 N–H and O–H groups in total. The number of rotatable bonds is 2. The van der Waals surface area contributed by atoms with Gasteiger partial charge in [-0.3, -0.25) is 14.9 Å². The second kappa shape index (κ2) is 6.02. The van der Waals surface area contributed by atoms with Gasteiger partial charge in [-0.25, -0.2) is 0 Å². The molecule has 1 fully saturated rings. The molecule has 0 aliphatic carbocycles. The Kier molecular flexibility index (Phi) is 4.15. The number of allylic oxidation sites excluding steroid dienone is 1. The lowest BCUT2D eigenvalue weighted by molar-refractivity contribution is -0.138. The van der Waals surface area contributed by atoms with Crippen LogP contribution in [0.1, 0.15) is 12.5 Å². The van der Waals surface area contributed by atoms with E-state index in [1.54, 1.807) is 13.0 Å². The third kappa shape index (κ3) is 2.82. The van der Waals surface area contributed by atoms with Crippen LogP contribution in [0.5, 0.6) is 0 Å². The Morgan fingerprint density at radius 3 is 2.10 bits per heavy atom. The van der Waals surface area contributed by atoms with Crippen LogP contribution < -0.4 is 5.32 Å². The number of hydrogen-bond acceptors (Lipinski definition) is 4. The lowest BCUT2D eigenvalue weighted by atomic mass is 9.74. The highest BCUT2D eigenvalue weighted by Gasteiger charge is 2.45. The fourth-order valence-corrected chi connectivity index (χ4v) is 2.51. The highest BCUT2D eigenvalue weighted by molar-refractivity contribution is 6.02. The van der Waals surface area contributed by atoms with Gasteiger partial charge in [-0.15, -0.1) is 0 Å². The zero-order chi connectivity index (χ0) is 15.4. The van der Waals surface area contributed by atoms with Gasteiger partial charge in [0.1, 0.15) is 11.8 Å². The Balaban J connectivity index is 2.43. The first kappa shape index (κ1) is 14.5. The summed E-state index contributed by atoms with van der Waals surface area (Å²) in [5.74, 6) is -4.07. The molecule has 1 aromatic rings. The molecule has 0 spiro atoms. The monoisotopic (exact) mass is 279 g/mol. The van der Waals surface area contributed by atoms with Gasteiger partial charge in [-0.1, -0.05) is 42.0 Å². The van der Waals surface area contributed by atoms with Gasteiger partial charge >= 0.3 is 0 Å². The van der Waals surface area contributed by atoms with Gasteiger partial charge in [0.2, 0.25) is 11.8 Å². The van der Waals surface area contributed by atoms with Crippen molar-refractivity contribution >= 4 is 17.9 Å². The molecule has 104 valence electrons. The van der Waals surface area contributed by atoms with E-state index in [2.05, 4.69) is 5.32 Å². The normalized spacial score (nSPS) is 25.7. The van der Waals surface area contributed by atoms with Crippen LogP contribution in [0.3, 0.4) is 0 Å². The number of carbonyl (C=O) groups is 2. The molecule has 3 atom stereocenters. The molecule has 1 unspecified atom stereocenters. The third-order valence-corrected chi connectivity index (χ3v) is 3.53. The molecule has 21 heavy (non-hydrogen) atoms. The van der Waals surface area contributed by atoms with Gasteiger partial charge in [0.15, 0.2) is 0 Å². The van der Waals surface area contributed by atoms with Crippen LogP contribution >= 0.6 is 0 Å². The van der Waals surface area contributed by atoms with Gasteiger partial charge in [0.05, 0.1) is 12.1 Å². The van der Waals surface area contributed by atoms with Crippen molar-refractivity contribution in [3.8, 4) is 12.1 Å². The van der Waals surface area contributed by atoms with Crippen molar-refractivity contribution in [2.75, 3.05) is 0 Å². The molecule has 1 heterocycles. The molecule has 1 aliphatic heterocycles. The van der Waals surface area contributed by atoms with Gasteiger partial charge in [-0.2, -0.15) is 10.5 Å². The molecule has 2 rings (SSSR count). The van der Waals surface area contributed by atoms with Crippen molar-refractivity contribution in [2.45, 2.75) is 6.92 Å². The molecule has 1 aliphatic rings. The van der Waals surface area contributed by atoms with Crippen molar-refractivity contribution in [3.63, 3.8) is 0 Å². The maximum atomic E-state index is 11.8. The predicted octanol–water partition coefficient (Wildman–Crippen LogP) is 1.64. The van der Waals surface area contributed by atoms with E-state index in [4.69, 9.17) is 0 Å². The van der Waals surface area contributed by atoms with Crippen LogP contribution in [0.2, 0.25) is 0 Å². The first-order chi connectivity index (χ1) is 10.1. The SMILES string of the molecule is C/C(=C/c1ccccc1)C1[C@H](C#N)C(=O)NC(=O)[C@@H]1C#N. The van der Waals surface area contributed by atoms with Crippen molar-refractivity contribution in [3.05, 3.63) is 41.5 Å². The molecule has 1 saturated heterocycles. The second-order valence-corrected chi connectivity index (χ2v) is 4.89. The summed E-state index contributed by atoms with van der Waals surface area (Å²) >= 11 is 0. The lowest BCUT2D eigenvalue weighted by Gasteiger charge is -2.30. The second-order valence-electron chi connectivity index (χ2n) is 4.89. The maximum absolute atomic E-state index is 11.8. The summed E-state index contributed by atoms with van der Waals surface area (Å²) in [4.78, 5) is 23.5. The number of amides is 2. The summed E-state index contributed by atoms with van der Waals surface area (Å²) in [6.45, 7) is 1.73. The van der Waals surface area contributed by atoms with E-state index in [1.807, 2.05) is 42.5 Å². The van der Waals surface area contributed by atoms with E-state index in [1.165, 1.54) is 0 Å². The zero-order valence-corrected chi connectivity index (χ0v) is 11.4. The highest BCUT2D eigenvalue weighted by Crippen LogP contribution is 2.33. The molecule has 5 nitrogen and oxygen atoms in total. The van der Waals surface area contributed by atoms with E-state index in [-0.39, 0.29) is 0 Å². The minimum absolute atomic E-state index is 0.639. The number of imide groups is 1. The van der Waals surface area contributed by atoms with E-state index < -0.39 is 29.6 Å². The van der Waals surface area contributed by atoms with Gasteiger partial charge in [0.25, 0.3) is 0 Å². The third-order valence-electron chi connectivity index (χ3n) is 3.53. The molecule has 0 radical (unpaired) electrons. The van der Waals surface area contributed by atoms with Crippen LogP contribution in [-0.2, 0) is 9.59 Å². The number of nitrogens with one attached hydrogen (secondary N) is 1. The Morgan fingerprint density at radius 1 is 1.10 bits per heavy atom. The Labute approximate surface area is 122 Å². The zero-order valence-electron chi connectivity index (χ0n) is 11.4. The summed E-state index contributed by atoms with van der Waals surface area (Å²) in [5, 5.41) is 20.5. The average Bonchev–Trinajstić information content (AvgIpc) is 2.47. The van der Waals surface area contributed by atoms with E-state index >= 15 is 0 Å². The van der Waals surface area contributed by atoms with Crippen molar-refractivity contribution < 1.29 is 9.59 Å². The topological polar surface area (TPSA) is 93.8 Å². The van der Waals surface area contributed by atoms with Gasteiger partial charge in [-0.05, 0) is 12.5 Å². The Morgan fingerprint density at radius 2 is 1.62 bits per heavy atom. The van der Waals surface area contributed by atoms with Crippen LogP contribution in [0.15, 0.2) is 35.9 Å². The summed E-state index contributed by atoms with van der Waals surface area (Å²) in [6, 6.07) is 13.1. The molecular weight excluding hydrogens is 266 g/mol. The van der Waals surface area contributed by atoms with Crippen LogP contribution in [0, 0.1) is 40.4 Å². The number of carbonyl (C=O) groups excluding carboxylic acids is 2. The first-order valence-corrected chi connectivity index (χ1v) is 6.45. The number of piperidine rings is 1. The Bertz CT molecular complexity index is 648. The minimum atomic E-state index is -1.03. The average molecular weight is 279 g/mol. The molecular formula is C16H13N3O2. The standard InChI is InChI=1S/C16H13N3O2/c1-10(7-11-5-3-2-4-6-11)14-12(8-17)15(20)19-16(21)13(14)9-18/h2-7,12-14H,1H3,(H,19,20,21)/b10-7-/t12-,13+,14?. The molecule has 2 amide bonds. The van der Waals surface area contributed by atoms with Gasteiger partial charge < -0.3 is 0 Å². The fraction of sp³-hybridized carbons (Fsp3) is 0.250. The van der Waals surface area contributed by atoms with Gasteiger partial charge in [0, 0.05) is 5.92 Å². The molecule has 0 saturated carbocycles. The van der Waals surface area contributed by atoms with Crippen LogP contribution in [0.25, 0.3) is 6.08 Å². The molecule has 0 aromatic heterocycles. The molecule has 1 aromatic carbocycles. The van der Waals surface area contributed by atoms with Crippen LogP contribution in [-0.4, -0.2) is 11.8 Å². The van der Waals surface area contributed by atoms with Crippen LogP contribution in [0.4, 0.5) is 0 Å². The number of nitrogens with zero attached hydrogens (tertiary/aromatic N) is 2. The van der Waals surface area contributed by atoms with Crippen molar-refractivity contribution in [1.82, 2.24) is 5.32 Å². The summed E-state index contributed by atoms with van der Waals surface area (Å²) in [7, 11) is 0. The van der Waals surface area contributed by atoms with Crippen molar-refractivity contribution in [2.24, 2.45) is 17.8 Å². The lowest BCUT2D eigenvalue weighted by Crippen LogP contribution is -2.51. The number of benzene rings is 1. The van der Waals surface area contributed by atoms with Crippen molar-refractivity contribution in [1.29, 1.82) is 10.5 Å². The fourth-order valence-electron chi connectivity index (χ4n) is 2.51. The van der Waals surface area contributed by atoms with E-state index in [0.717, 1.165) is 5.56 Å². The number of nitriles is 2. The largest absolute Gasteiger partial charge is 0.294 e. The van der Waals surface area contributed by atoms with E-state index in [0.29, 0.717) is 5.57 Å². The maximum Gasteiger partial charge on any atom is 0.244 e. The first-order valence-electron chi connectivity index (χ1n) is 6.45. The quantitative estimate of drug-likeness (QED) is 0.833. The minimum Gasteiger partial charge on any atom is -0.294 e. The predicted molar refractivity (Wildman–Crippen MR) is 74.9 cm³/mol. The van der Waals surface area contributed by atoms with E-state index in [9.17, 15) is 20.1 Å². The highest BCUT2D eigenvalue weighted by atomic mass is 16.2. The summed E-state index contributed by atoms with van der Waals surface area (Å²) in [5.41, 5.74) is 1.56. The summed E-state index contributed by atoms with van der Waals surface area (Å²) < 4.78 is 0. The molecule has 0 bridgehead atoms. The Hall–Kier alpha value is -2.92.